The zero-order valence-electron chi connectivity index (χ0n) is 20.1. The van der Waals surface area contributed by atoms with Gasteiger partial charge in [0.2, 0.25) is 11.6 Å². The number of furan rings is 1. The van der Waals surface area contributed by atoms with E-state index in [9.17, 15) is 14.9 Å². The second-order valence-corrected chi connectivity index (χ2v) is 9.07. The summed E-state index contributed by atoms with van der Waals surface area (Å²) in [6, 6.07) is 11.6. The highest BCUT2D eigenvalue weighted by Gasteiger charge is 2.34. The average Bonchev–Trinajstić information content (AvgIpc) is 3.65. The first-order valence-corrected chi connectivity index (χ1v) is 12.2. The molecule has 12 nitrogen and oxygen atoms in total. The van der Waals surface area contributed by atoms with Gasteiger partial charge >= 0.3 is 5.69 Å². The lowest BCUT2D eigenvalue weighted by Crippen LogP contribution is -2.49. The molecule has 37 heavy (non-hydrogen) atoms. The molecule has 2 saturated heterocycles. The molecule has 0 aliphatic carbocycles. The van der Waals surface area contributed by atoms with Crippen LogP contribution in [-0.2, 0) is 0 Å². The third kappa shape index (κ3) is 4.20. The normalized spacial score (nSPS) is 16.4. The van der Waals surface area contributed by atoms with Crippen molar-refractivity contribution in [3.63, 3.8) is 0 Å². The van der Waals surface area contributed by atoms with Crippen molar-refractivity contribution in [1.29, 1.82) is 0 Å². The van der Waals surface area contributed by atoms with E-state index in [-0.39, 0.29) is 17.4 Å². The Morgan fingerprint density at radius 3 is 2.22 bits per heavy atom. The summed E-state index contributed by atoms with van der Waals surface area (Å²) in [6.45, 7) is 4.32. The molecule has 1 amide bonds. The number of rotatable bonds is 5. The smallest absolute Gasteiger partial charge is 0.353 e. The van der Waals surface area contributed by atoms with Crippen LogP contribution in [0.5, 0.6) is 0 Å². The van der Waals surface area contributed by atoms with Crippen molar-refractivity contribution in [2.24, 2.45) is 0 Å². The molecule has 0 atom stereocenters. The molecule has 1 N–H and O–H groups in total. The molecule has 5 heterocycles. The molecular weight excluding hydrogens is 476 g/mol. The van der Waals surface area contributed by atoms with Crippen molar-refractivity contribution in [3.05, 3.63) is 71.1 Å². The molecule has 0 unspecified atom stereocenters. The van der Waals surface area contributed by atoms with E-state index in [2.05, 4.69) is 32.0 Å². The van der Waals surface area contributed by atoms with Crippen LogP contribution in [0.15, 0.2) is 59.6 Å². The van der Waals surface area contributed by atoms with Crippen LogP contribution in [0.4, 0.5) is 23.0 Å². The van der Waals surface area contributed by atoms with E-state index in [1.165, 1.54) is 12.6 Å². The number of piperazine rings is 2. The van der Waals surface area contributed by atoms with Crippen LogP contribution in [0.2, 0.25) is 0 Å². The Morgan fingerprint density at radius 1 is 0.892 bits per heavy atom. The third-order valence-electron chi connectivity index (χ3n) is 7.06. The van der Waals surface area contributed by atoms with Gasteiger partial charge in [0.15, 0.2) is 5.76 Å². The van der Waals surface area contributed by atoms with Crippen molar-refractivity contribution in [1.82, 2.24) is 19.9 Å². The molecule has 0 bridgehead atoms. The molecule has 2 aliphatic rings. The lowest BCUT2D eigenvalue weighted by molar-refractivity contribution is -0.383. The summed E-state index contributed by atoms with van der Waals surface area (Å²) in [7, 11) is 0. The number of H-pyrrole nitrogens is 1. The molecule has 2 fully saturated rings. The molecule has 2 aliphatic heterocycles. The van der Waals surface area contributed by atoms with Crippen LogP contribution >= 0.6 is 0 Å². The first-order chi connectivity index (χ1) is 18.1. The molecular formula is C25H26N8O4. The summed E-state index contributed by atoms with van der Waals surface area (Å²) >= 11 is 0. The van der Waals surface area contributed by atoms with E-state index in [0.717, 1.165) is 16.6 Å². The van der Waals surface area contributed by atoms with E-state index in [1.54, 1.807) is 17.0 Å². The molecule has 4 aromatic rings. The molecule has 3 aromatic heterocycles. The first kappa shape index (κ1) is 22.8. The summed E-state index contributed by atoms with van der Waals surface area (Å²) < 4.78 is 5.22. The minimum absolute atomic E-state index is 0.0884. The number of anilines is 3. The van der Waals surface area contributed by atoms with Gasteiger partial charge in [-0.3, -0.25) is 14.9 Å². The van der Waals surface area contributed by atoms with E-state index < -0.39 is 4.92 Å². The van der Waals surface area contributed by atoms with Gasteiger partial charge in [0.25, 0.3) is 5.91 Å². The fourth-order valence-electron chi connectivity index (χ4n) is 5.17. The standard InChI is InChI=1S/C25H26N8O4/c34-25(21-5-2-16-37-21)32-14-12-31(13-15-32)24-22(33(35)36)23(27-17-28-24)30-10-8-29(9-11-30)20-4-1-3-19-18(20)6-7-26-19/h1-7,16-17,26H,8-15H2. The number of carbonyl (C=O) groups is 1. The predicted molar refractivity (Wildman–Crippen MR) is 138 cm³/mol. The fourth-order valence-corrected chi connectivity index (χ4v) is 5.17. The fraction of sp³-hybridized carbons (Fsp3) is 0.320. The SMILES string of the molecule is O=C(c1ccco1)N1CCN(c2ncnc(N3CCN(c4cccc5[nH]ccc45)CC3)c2[N+](=O)[O-])CC1. The lowest BCUT2D eigenvalue weighted by Gasteiger charge is -2.37. The van der Waals surface area contributed by atoms with Crippen molar-refractivity contribution in [2.45, 2.75) is 0 Å². The number of fused-ring (bicyclic) bond motifs is 1. The topological polar surface area (TPSA) is 128 Å². The largest absolute Gasteiger partial charge is 0.459 e. The predicted octanol–water partition coefficient (Wildman–Crippen LogP) is 2.75. The van der Waals surface area contributed by atoms with Crippen LogP contribution < -0.4 is 14.7 Å². The van der Waals surface area contributed by atoms with Crippen molar-refractivity contribution >= 4 is 39.8 Å². The van der Waals surface area contributed by atoms with Gasteiger partial charge in [-0.2, -0.15) is 0 Å². The van der Waals surface area contributed by atoms with E-state index in [0.29, 0.717) is 64.0 Å². The second-order valence-electron chi connectivity index (χ2n) is 9.07. The Labute approximate surface area is 212 Å². The van der Waals surface area contributed by atoms with Crippen molar-refractivity contribution < 1.29 is 14.1 Å². The number of carbonyl (C=O) groups excluding carboxylic acids is 1. The number of aromatic nitrogens is 3. The van der Waals surface area contributed by atoms with Gasteiger partial charge in [0.1, 0.15) is 6.33 Å². The zero-order valence-corrected chi connectivity index (χ0v) is 20.1. The van der Waals surface area contributed by atoms with E-state index >= 15 is 0 Å². The molecule has 0 spiro atoms. The maximum absolute atomic E-state index is 12.6. The van der Waals surface area contributed by atoms with Gasteiger partial charge in [-0.25, -0.2) is 9.97 Å². The highest BCUT2D eigenvalue weighted by atomic mass is 16.6. The van der Waals surface area contributed by atoms with Crippen molar-refractivity contribution in [2.75, 3.05) is 67.1 Å². The number of aromatic amines is 1. The van der Waals surface area contributed by atoms with Crippen LogP contribution in [0.3, 0.4) is 0 Å². The number of nitro groups is 1. The van der Waals surface area contributed by atoms with Crippen LogP contribution in [0.1, 0.15) is 10.6 Å². The number of benzene rings is 1. The quantitative estimate of drug-likeness (QED) is 0.324. The van der Waals surface area contributed by atoms with Crippen LogP contribution in [0.25, 0.3) is 10.9 Å². The Balaban J connectivity index is 1.18. The van der Waals surface area contributed by atoms with E-state index in [4.69, 9.17) is 4.42 Å². The Morgan fingerprint density at radius 2 is 1.57 bits per heavy atom. The number of nitrogens with zero attached hydrogens (tertiary/aromatic N) is 7. The summed E-state index contributed by atoms with van der Waals surface area (Å²) in [6.07, 6.45) is 4.80. The number of hydrogen-bond donors (Lipinski definition) is 1. The minimum atomic E-state index is -0.391. The Kier molecular flexibility index (Phi) is 5.83. The number of nitrogens with one attached hydrogen (secondary N) is 1. The first-order valence-electron chi connectivity index (χ1n) is 12.2. The maximum Gasteiger partial charge on any atom is 0.353 e. The molecule has 0 saturated carbocycles. The Hall–Kier alpha value is -4.61. The highest BCUT2D eigenvalue weighted by Crippen LogP contribution is 2.36. The second kappa shape index (κ2) is 9.45. The zero-order chi connectivity index (χ0) is 25.4. The summed E-state index contributed by atoms with van der Waals surface area (Å²) in [5.41, 5.74) is 2.15. The minimum Gasteiger partial charge on any atom is -0.459 e. The summed E-state index contributed by atoms with van der Waals surface area (Å²) in [5, 5.41) is 13.4. The van der Waals surface area contributed by atoms with Gasteiger partial charge in [-0.15, -0.1) is 0 Å². The van der Waals surface area contributed by atoms with E-state index in [1.807, 2.05) is 28.1 Å². The van der Waals surface area contributed by atoms with Crippen LogP contribution in [-0.4, -0.2) is 83.0 Å². The monoisotopic (exact) mass is 502 g/mol. The highest BCUT2D eigenvalue weighted by molar-refractivity contribution is 5.93. The van der Waals surface area contributed by atoms with Gasteiger partial charge in [0.05, 0.1) is 11.2 Å². The molecule has 12 heteroatoms. The number of amides is 1. The van der Waals surface area contributed by atoms with Gasteiger partial charge < -0.3 is 29.0 Å². The summed E-state index contributed by atoms with van der Waals surface area (Å²) in [4.78, 5) is 44.1. The number of hydrogen-bond acceptors (Lipinski definition) is 9. The van der Waals surface area contributed by atoms with Gasteiger partial charge in [0, 0.05) is 75.1 Å². The lowest BCUT2D eigenvalue weighted by atomic mass is 10.1. The van der Waals surface area contributed by atoms with Crippen LogP contribution in [0, 0.1) is 10.1 Å². The third-order valence-corrected chi connectivity index (χ3v) is 7.06. The summed E-state index contributed by atoms with van der Waals surface area (Å²) in [5.74, 6) is 0.731. The molecule has 0 radical (unpaired) electrons. The van der Waals surface area contributed by atoms with Gasteiger partial charge in [-0.1, -0.05) is 6.07 Å². The van der Waals surface area contributed by atoms with Gasteiger partial charge in [-0.05, 0) is 30.3 Å². The average molecular weight is 503 g/mol. The molecule has 190 valence electrons. The molecule has 6 rings (SSSR count). The maximum atomic E-state index is 12.6. The van der Waals surface area contributed by atoms with Crippen molar-refractivity contribution in [3.8, 4) is 0 Å². The Bertz CT molecular complexity index is 1420. The molecule has 1 aromatic carbocycles.